The minimum Gasteiger partial charge on any atom is -0.383 e. The summed E-state index contributed by atoms with van der Waals surface area (Å²) in [6, 6.07) is 8.02. The van der Waals surface area contributed by atoms with Crippen LogP contribution in [0.5, 0.6) is 0 Å². The number of anilines is 3. The first kappa shape index (κ1) is 21.4. The molecule has 1 saturated heterocycles. The number of aromatic nitrogens is 2. The summed E-state index contributed by atoms with van der Waals surface area (Å²) >= 11 is 1.65. The summed E-state index contributed by atoms with van der Waals surface area (Å²) in [5.74, 6) is 1.48. The Hall–Kier alpha value is -2.36. The van der Waals surface area contributed by atoms with Gasteiger partial charge in [0.1, 0.15) is 11.6 Å². The number of hydrogen-bond acceptors (Lipinski definition) is 9. The van der Waals surface area contributed by atoms with Crippen LogP contribution < -0.4 is 15.8 Å². The molecule has 0 atom stereocenters. The Morgan fingerprint density at radius 3 is 2.52 bits per heavy atom. The zero-order valence-electron chi connectivity index (χ0n) is 17.3. The van der Waals surface area contributed by atoms with Gasteiger partial charge >= 0.3 is 0 Å². The largest absolute Gasteiger partial charge is 0.383 e. The van der Waals surface area contributed by atoms with Gasteiger partial charge in [-0.25, -0.2) is 14.3 Å². The first-order valence-corrected chi connectivity index (χ1v) is 10.6. The number of nitrogens with zero attached hydrogens (tertiary/aromatic N) is 4. The van der Waals surface area contributed by atoms with Crippen LogP contribution in [-0.4, -0.2) is 65.2 Å². The van der Waals surface area contributed by atoms with E-state index in [4.69, 9.17) is 11.1 Å². The van der Waals surface area contributed by atoms with Crippen molar-refractivity contribution < 1.29 is 0 Å². The van der Waals surface area contributed by atoms with Crippen LogP contribution >= 0.6 is 12.1 Å². The Labute approximate surface area is 177 Å². The van der Waals surface area contributed by atoms with Gasteiger partial charge in [-0.2, -0.15) is 0 Å². The number of benzene rings is 1. The van der Waals surface area contributed by atoms with Gasteiger partial charge in [0.2, 0.25) is 0 Å². The normalized spacial score (nSPS) is 14.3. The lowest BCUT2D eigenvalue weighted by atomic mass is 10.1. The number of hydrogen-bond donors (Lipinski definition) is 4. The van der Waals surface area contributed by atoms with Gasteiger partial charge < -0.3 is 26.1 Å². The first-order chi connectivity index (χ1) is 13.9. The van der Waals surface area contributed by atoms with Crippen molar-refractivity contribution in [2.24, 2.45) is 0 Å². The minimum absolute atomic E-state index is 0.321. The second-order valence-corrected chi connectivity index (χ2v) is 8.32. The predicted molar refractivity (Wildman–Crippen MR) is 123 cm³/mol. The average Bonchev–Trinajstić information content (AvgIpc) is 3.19. The average molecular weight is 415 g/mol. The number of likely N-dealkylation sites (N-methyl/N-ethyl adjacent to an activating group) is 1. The molecule has 0 spiro atoms. The molecule has 8 nitrogen and oxygen atoms in total. The third kappa shape index (κ3) is 5.81. The molecule has 0 unspecified atom stereocenters. The Bertz CT molecular complexity index is 831. The zero-order chi connectivity index (χ0) is 20.8. The van der Waals surface area contributed by atoms with Gasteiger partial charge in [-0.3, -0.25) is 0 Å². The van der Waals surface area contributed by atoms with Crippen molar-refractivity contribution in [1.82, 2.24) is 19.2 Å². The van der Waals surface area contributed by atoms with E-state index in [-0.39, 0.29) is 0 Å². The van der Waals surface area contributed by atoms with Crippen molar-refractivity contribution in [2.75, 3.05) is 56.0 Å². The Balaban J connectivity index is 1.76. The van der Waals surface area contributed by atoms with Gasteiger partial charge in [-0.15, -0.1) is 0 Å². The highest BCUT2D eigenvalue weighted by Crippen LogP contribution is 2.27. The van der Waals surface area contributed by atoms with E-state index in [0.29, 0.717) is 35.3 Å². The van der Waals surface area contributed by atoms with E-state index in [1.807, 2.05) is 38.4 Å². The van der Waals surface area contributed by atoms with Crippen LogP contribution in [0.2, 0.25) is 0 Å². The molecular formula is C20H30N8S. The Morgan fingerprint density at radius 1 is 1.21 bits per heavy atom. The van der Waals surface area contributed by atoms with Crippen molar-refractivity contribution in [3.63, 3.8) is 0 Å². The predicted octanol–water partition coefficient (Wildman–Crippen LogP) is 3.16. The summed E-state index contributed by atoms with van der Waals surface area (Å²) in [5.41, 5.74) is 9.01. The van der Waals surface area contributed by atoms with Gasteiger partial charge in [0.25, 0.3) is 0 Å². The molecule has 0 radical (unpaired) electrons. The monoisotopic (exact) mass is 414 g/mol. The molecule has 2 heterocycles. The molecular weight excluding hydrogens is 384 g/mol. The molecule has 1 aromatic carbocycles. The lowest BCUT2D eigenvalue weighted by Gasteiger charge is -2.16. The van der Waals surface area contributed by atoms with E-state index >= 15 is 0 Å². The second kappa shape index (κ2) is 9.91. The lowest BCUT2D eigenvalue weighted by molar-refractivity contribution is 0.425. The van der Waals surface area contributed by atoms with Gasteiger partial charge in [-0.1, -0.05) is 0 Å². The van der Waals surface area contributed by atoms with E-state index in [2.05, 4.69) is 29.2 Å². The summed E-state index contributed by atoms with van der Waals surface area (Å²) in [4.78, 5) is 11.2. The number of rotatable bonds is 9. The molecule has 3 rings (SSSR count). The molecule has 1 fully saturated rings. The zero-order valence-corrected chi connectivity index (χ0v) is 18.1. The fourth-order valence-electron chi connectivity index (χ4n) is 3.09. The standard InChI is InChI=1S/C20H30N8S/c1-14(21)17-18(22)24-19(25-20(17)23-10-13-27(2)3)15-6-8-16(9-7-15)26-29-28-11-4-5-12-28/h6-9,21,26H,4-5,10-13H2,1-3H3,(H3,22,23,24,25). The molecule has 0 saturated carbocycles. The van der Waals surface area contributed by atoms with Gasteiger partial charge in [-0.05, 0) is 58.1 Å². The topological polar surface area (TPSA) is 106 Å². The van der Waals surface area contributed by atoms with Crippen LogP contribution in [0.15, 0.2) is 24.3 Å². The maximum atomic E-state index is 8.03. The quantitative estimate of drug-likeness (QED) is 0.366. The molecule has 0 aliphatic carbocycles. The van der Waals surface area contributed by atoms with Crippen molar-refractivity contribution in [2.45, 2.75) is 19.8 Å². The fourth-order valence-corrected chi connectivity index (χ4v) is 3.90. The molecule has 1 aromatic heterocycles. The number of nitrogens with two attached hydrogens (primary N) is 1. The van der Waals surface area contributed by atoms with Crippen LogP contribution in [-0.2, 0) is 0 Å². The fraction of sp³-hybridized carbons (Fsp3) is 0.450. The van der Waals surface area contributed by atoms with Crippen molar-refractivity contribution in [3.8, 4) is 11.4 Å². The molecule has 1 aliphatic rings. The van der Waals surface area contributed by atoms with Crippen LogP contribution in [0, 0.1) is 5.41 Å². The van der Waals surface area contributed by atoms with E-state index in [1.54, 1.807) is 19.1 Å². The summed E-state index contributed by atoms with van der Waals surface area (Å²) in [5, 5.41) is 11.3. The molecule has 9 heteroatoms. The summed E-state index contributed by atoms with van der Waals surface area (Å²) in [6.07, 6.45) is 2.53. The van der Waals surface area contributed by atoms with Crippen LogP contribution in [0.3, 0.4) is 0 Å². The molecule has 2 aromatic rings. The second-order valence-electron chi connectivity index (χ2n) is 7.42. The summed E-state index contributed by atoms with van der Waals surface area (Å²) in [6.45, 7) is 5.52. The molecule has 156 valence electrons. The molecule has 5 N–H and O–H groups in total. The van der Waals surface area contributed by atoms with Crippen LogP contribution in [0.25, 0.3) is 11.4 Å². The maximum Gasteiger partial charge on any atom is 0.163 e. The van der Waals surface area contributed by atoms with E-state index in [0.717, 1.165) is 30.9 Å². The Morgan fingerprint density at radius 2 is 1.90 bits per heavy atom. The highest BCUT2D eigenvalue weighted by Gasteiger charge is 2.16. The van der Waals surface area contributed by atoms with E-state index in [1.165, 1.54) is 12.8 Å². The van der Waals surface area contributed by atoms with Crippen molar-refractivity contribution >= 4 is 35.2 Å². The van der Waals surface area contributed by atoms with Crippen LogP contribution in [0.1, 0.15) is 25.3 Å². The summed E-state index contributed by atoms with van der Waals surface area (Å²) in [7, 11) is 4.03. The molecule has 29 heavy (non-hydrogen) atoms. The van der Waals surface area contributed by atoms with Crippen molar-refractivity contribution in [3.05, 3.63) is 29.8 Å². The highest BCUT2D eigenvalue weighted by molar-refractivity contribution is 7.98. The van der Waals surface area contributed by atoms with E-state index in [9.17, 15) is 0 Å². The first-order valence-electron chi connectivity index (χ1n) is 9.84. The third-order valence-corrected chi connectivity index (χ3v) is 5.61. The van der Waals surface area contributed by atoms with Gasteiger partial charge in [0.05, 0.1) is 5.56 Å². The third-order valence-electron chi connectivity index (χ3n) is 4.66. The maximum absolute atomic E-state index is 8.03. The Kier molecular flexibility index (Phi) is 7.29. The lowest BCUT2D eigenvalue weighted by Crippen LogP contribution is -2.22. The minimum atomic E-state index is 0.321. The molecule has 1 aliphatic heterocycles. The molecule has 0 bridgehead atoms. The van der Waals surface area contributed by atoms with Crippen molar-refractivity contribution in [1.29, 1.82) is 5.41 Å². The SMILES string of the molecule is CC(=N)c1c(N)nc(-c2ccc(NSN3CCCC3)cc2)nc1NCCN(C)C. The highest BCUT2D eigenvalue weighted by atomic mass is 32.2. The molecule has 0 amide bonds. The number of nitrogens with one attached hydrogen (secondary N) is 3. The van der Waals surface area contributed by atoms with Crippen LogP contribution in [0.4, 0.5) is 17.3 Å². The van der Waals surface area contributed by atoms with E-state index < -0.39 is 0 Å². The van der Waals surface area contributed by atoms with Gasteiger partial charge in [0.15, 0.2) is 5.82 Å². The number of nitrogen functional groups attached to an aromatic ring is 1. The smallest absolute Gasteiger partial charge is 0.163 e. The summed E-state index contributed by atoms with van der Waals surface area (Å²) < 4.78 is 5.72. The van der Waals surface area contributed by atoms with Gasteiger partial charge in [0, 0.05) is 55.3 Å².